The summed E-state index contributed by atoms with van der Waals surface area (Å²) >= 11 is 0. The highest BCUT2D eigenvalue weighted by atomic mass is 16.1. The molecule has 3 aromatic rings. The van der Waals surface area contributed by atoms with Crippen LogP contribution in [-0.2, 0) is 24.2 Å². The Hall–Kier alpha value is -3.22. The molecule has 1 aromatic carbocycles. The van der Waals surface area contributed by atoms with E-state index in [-0.39, 0.29) is 11.8 Å². The van der Waals surface area contributed by atoms with Gasteiger partial charge in [-0.25, -0.2) is 15.0 Å². The number of nitrogens with one attached hydrogen (secondary N) is 1. The van der Waals surface area contributed by atoms with Gasteiger partial charge in [0.1, 0.15) is 5.52 Å². The van der Waals surface area contributed by atoms with E-state index >= 15 is 0 Å². The van der Waals surface area contributed by atoms with Gasteiger partial charge in [-0.05, 0) is 49.4 Å². The van der Waals surface area contributed by atoms with Gasteiger partial charge in [-0.1, -0.05) is 26.0 Å². The zero-order valence-corrected chi connectivity index (χ0v) is 20.1. The fourth-order valence-corrected chi connectivity index (χ4v) is 4.39. The molecule has 1 fully saturated rings. The van der Waals surface area contributed by atoms with Crippen LogP contribution in [0.4, 0.5) is 11.4 Å². The molecule has 1 saturated heterocycles. The van der Waals surface area contributed by atoms with E-state index in [1.807, 2.05) is 20.3 Å². The van der Waals surface area contributed by atoms with Crippen molar-refractivity contribution < 1.29 is 4.79 Å². The fourth-order valence-electron chi connectivity index (χ4n) is 4.39. The quantitative estimate of drug-likeness (QED) is 0.596. The van der Waals surface area contributed by atoms with Gasteiger partial charge >= 0.3 is 0 Å². The van der Waals surface area contributed by atoms with Crippen LogP contribution in [0, 0.1) is 5.92 Å². The summed E-state index contributed by atoms with van der Waals surface area (Å²) in [6.07, 6.45) is 5.30. The summed E-state index contributed by atoms with van der Waals surface area (Å²) in [5.41, 5.74) is 6.97. The minimum absolute atomic E-state index is 0.0503. The number of carbonyl (C=O) groups is 1. The summed E-state index contributed by atoms with van der Waals surface area (Å²) in [4.78, 5) is 31.2. The third-order valence-electron chi connectivity index (χ3n) is 6.48. The van der Waals surface area contributed by atoms with E-state index in [1.165, 1.54) is 0 Å². The van der Waals surface area contributed by atoms with Crippen LogP contribution in [0.15, 0.2) is 36.5 Å². The average Bonchev–Trinajstić information content (AvgIpc) is 2.86. The molecule has 0 unspecified atom stereocenters. The predicted octanol–water partition coefficient (Wildman–Crippen LogP) is 3.75. The molecule has 33 heavy (non-hydrogen) atoms. The van der Waals surface area contributed by atoms with Gasteiger partial charge in [-0.15, -0.1) is 0 Å². The molecule has 174 valence electrons. The molecule has 4 rings (SSSR count). The second kappa shape index (κ2) is 10.1. The minimum atomic E-state index is 0.0503. The standard InChI is InChI=1S/C26H34N6O/c1-5-22-23(6-2)30-25-24(29-22)15-21(17-27-25)32-13-11-19(12-14-32)26(33)28-16-18-7-9-20(10-8-18)31(3)4/h7-10,15,17,19H,5-6,11-14,16H2,1-4H3,(H,28,33). The van der Waals surface area contributed by atoms with E-state index in [2.05, 4.69) is 64.3 Å². The maximum absolute atomic E-state index is 12.7. The highest BCUT2D eigenvalue weighted by Crippen LogP contribution is 2.25. The van der Waals surface area contributed by atoms with Gasteiger partial charge in [-0.3, -0.25) is 4.79 Å². The second-order valence-corrected chi connectivity index (χ2v) is 8.90. The van der Waals surface area contributed by atoms with Crippen molar-refractivity contribution in [2.75, 3.05) is 37.0 Å². The van der Waals surface area contributed by atoms with E-state index in [1.54, 1.807) is 0 Å². The smallest absolute Gasteiger partial charge is 0.223 e. The van der Waals surface area contributed by atoms with Crippen molar-refractivity contribution in [3.8, 4) is 0 Å². The Morgan fingerprint density at radius 2 is 1.73 bits per heavy atom. The van der Waals surface area contributed by atoms with Crippen LogP contribution in [0.5, 0.6) is 0 Å². The van der Waals surface area contributed by atoms with Crippen LogP contribution < -0.4 is 15.1 Å². The van der Waals surface area contributed by atoms with Gasteiger partial charge in [0.05, 0.1) is 23.3 Å². The van der Waals surface area contributed by atoms with Crippen molar-refractivity contribution in [3.63, 3.8) is 0 Å². The molecule has 1 amide bonds. The van der Waals surface area contributed by atoms with E-state index in [0.29, 0.717) is 12.2 Å². The van der Waals surface area contributed by atoms with Gasteiger partial charge in [0.25, 0.3) is 0 Å². The number of piperidine rings is 1. The summed E-state index contributed by atoms with van der Waals surface area (Å²) < 4.78 is 0. The van der Waals surface area contributed by atoms with E-state index in [9.17, 15) is 4.79 Å². The highest BCUT2D eigenvalue weighted by molar-refractivity contribution is 5.79. The van der Waals surface area contributed by atoms with Crippen LogP contribution in [-0.4, -0.2) is 48.0 Å². The van der Waals surface area contributed by atoms with E-state index in [4.69, 9.17) is 9.97 Å². The Balaban J connectivity index is 1.34. The van der Waals surface area contributed by atoms with Crippen LogP contribution in [0.3, 0.4) is 0 Å². The predicted molar refractivity (Wildman–Crippen MR) is 134 cm³/mol. The molecule has 0 radical (unpaired) electrons. The second-order valence-electron chi connectivity index (χ2n) is 8.90. The van der Waals surface area contributed by atoms with Crippen molar-refractivity contribution in [2.24, 2.45) is 5.92 Å². The molecule has 1 aliphatic rings. The zero-order chi connectivity index (χ0) is 23.4. The minimum Gasteiger partial charge on any atom is -0.378 e. The lowest BCUT2D eigenvalue weighted by atomic mass is 9.95. The Bertz CT molecular complexity index is 1100. The largest absolute Gasteiger partial charge is 0.378 e. The van der Waals surface area contributed by atoms with E-state index < -0.39 is 0 Å². The van der Waals surface area contributed by atoms with Gasteiger partial charge < -0.3 is 15.1 Å². The average molecular weight is 447 g/mol. The molecule has 2 aromatic heterocycles. The summed E-state index contributed by atoms with van der Waals surface area (Å²) in [6.45, 7) is 6.46. The Morgan fingerprint density at radius 1 is 1.06 bits per heavy atom. The third-order valence-corrected chi connectivity index (χ3v) is 6.48. The highest BCUT2D eigenvalue weighted by Gasteiger charge is 2.25. The van der Waals surface area contributed by atoms with Crippen LogP contribution in [0.2, 0.25) is 0 Å². The number of pyridine rings is 1. The topological polar surface area (TPSA) is 74.2 Å². The molecule has 3 heterocycles. The summed E-state index contributed by atoms with van der Waals surface area (Å²) in [5.74, 6) is 0.197. The van der Waals surface area contributed by atoms with E-state index in [0.717, 1.165) is 72.6 Å². The third kappa shape index (κ3) is 5.24. The number of anilines is 2. The fraction of sp³-hybridized carbons (Fsp3) is 0.462. The van der Waals surface area contributed by atoms with Crippen LogP contribution >= 0.6 is 0 Å². The molecule has 0 bridgehead atoms. The number of aryl methyl sites for hydroxylation is 2. The first-order valence-electron chi connectivity index (χ1n) is 11.9. The van der Waals surface area contributed by atoms with Gasteiger partial charge in [0, 0.05) is 45.3 Å². The van der Waals surface area contributed by atoms with Crippen molar-refractivity contribution >= 4 is 28.4 Å². The van der Waals surface area contributed by atoms with Gasteiger partial charge in [0.2, 0.25) is 5.91 Å². The van der Waals surface area contributed by atoms with Crippen LogP contribution in [0.1, 0.15) is 43.6 Å². The lowest BCUT2D eigenvalue weighted by Crippen LogP contribution is -2.40. The summed E-state index contributed by atoms with van der Waals surface area (Å²) in [5, 5.41) is 3.12. The SMILES string of the molecule is CCc1nc2cc(N3CCC(C(=O)NCc4ccc(N(C)C)cc4)CC3)cnc2nc1CC. The van der Waals surface area contributed by atoms with Gasteiger partial charge in [0.15, 0.2) is 5.65 Å². The summed E-state index contributed by atoms with van der Waals surface area (Å²) in [7, 11) is 4.05. The number of hydrogen-bond acceptors (Lipinski definition) is 6. The first-order chi connectivity index (χ1) is 16.0. The number of carbonyl (C=O) groups excluding carboxylic acids is 1. The first-order valence-corrected chi connectivity index (χ1v) is 11.9. The lowest BCUT2D eigenvalue weighted by Gasteiger charge is -2.32. The molecule has 0 aliphatic carbocycles. The van der Waals surface area contributed by atoms with Crippen molar-refractivity contribution in [1.82, 2.24) is 20.3 Å². The number of aromatic nitrogens is 3. The number of rotatable bonds is 7. The molecule has 1 aliphatic heterocycles. The Kier molecular flexibility index (Phi) is 7.06. The Morgan fingerprint density at radius 3 is 2.36 bits per heavy atom. The molecule has 0 atom stereocenters. The maximum atomic E-state index is 12.7. The molecular weight excluding hydrogens is 412 g/mol. The van der Waals surface area contributed by atoms with Crippen molar-refractivity contribution in [3.05, 3.63) is 53.5 Å². The van der Waals surface area contributed by atoms with Crippen molar-refractivity contribution in [2.45, 2.75) is 46.1 Å². The van der Waals surface area contributed by atoms with Crippen molar-refractivity contribution in [1.29, 1.82) is 0 Å². The normalized spacial score (nSPS) is 14.5. The number of benzene rings is 1. The van der Waals surface area contributed by atoms with Crippen LogP contribution in [0.25, 0.3) is 11.2 Å². The molecule has 0 spiro atoms. The zero-order valence-electron chi connectivity index (χ0n) is 20.1. The number of amides is 1. The maximum Gasteiger partial charge on any atom is 0.223 e. The first kappa shape index (κ1) is 23.0. The number of hydrogen-bond donors (Lipinski definition) is 1. The number of fused-ring (bicyclic) bond motifs is 1. The molecule has 7 nitrogen and oxygen atoms in total. The Labute approximate surface area is 196 Å². The molecule has 1 N–H and O–H groups in total. The molecule has 7 heteroatoms. The summed E-state index contributed by atoms with van der Waals surface area (Å²) in [6, 6.07) is 10.4. The van der Waals surface area contributed by atoms with Gasteiger partial charge in [-0.2, -0.15) is 0 Å². The number of nitrogens with zero attached hydrogens (tertiary/aromatic N) is 5. The lowest BCUT2D eigenvalue weighted by molar-refractivity contribution is -0.125. The monoisotopic (exact) mass is 446 g/mol. The molecule has 0 saturated carbocycles. The molecular formula is C26H34N6O.